The largest absolute Gasteiger partial charge is 0.390 e. The molecular weight excluding hydrogens is 242 g/mol. The lowest BCUT2D eigenvalue weighted by Crippen LogP contribution is -2.35. The van der Waals surface area contributed by atoms with Crippen molar-refractivity contribution in [2.45, 2.75) is 19.4 Å². The normalized spacial score (nSPS) is 12.2. The molecule has 2 rings (SSSR count). The summed E-state index contributed by atoms with van der Waals surface area (Å²) in [6.07, 6.45) is 3.35. The number of halogens is 2. The predicted octanol–water partition coefficient (Wildman–Crippen LogP) is 0.755. The van der Waals surface area contributed by atoms with Crippen molar-refractivity contribution in [3.05, 3.63) is 29.7 Å². The molecule has 0 spiro atoms. The lowest BCUT2D eigenvalue weighted by Gasteiger charge is -2.13. The maximum atomic E-state index is 12.8. The number of fused-ring (bicyclic) bond motifs is 1. The first-order valence-corrected chi connectivity index (χ1v) is 5.50. The molecule has 0 saturated carbocycles. The van der Waals surface area contributed by atoms with Crippen LogP contribution in [0.4, 0.5) is 8.78 Å². The molecule has 2 aromatic rings. The lowest BCUT2D eigenvalue weighted by molar-refractivity contribution is -0.0477. The summed E-state index contributed by atoms with van der Waals surface area (Å²) >= 11 is 0. The van der Waals surface area contributed by atoms with Crippen molar-refractivity contribution < 1.29 is 13.9 Å². The Kier molecular flexibility index (Phi) is 3.53. The van der Waals surface area contributed by atoms with E-state index in [1.165, 1.54) is 0 Å². The van der Waals surface area contributed by atoms with Gasteiger partial charge in [-0.1, -0.05) is 0 Å². The Morgan fingerprint density at radius 3 is 3.00 bits per heavy atom. The number of aliphatic hydroxyl groups excluding tert-OH is 1. The Morgan fingerprint density at radius 2 is 2.28 bits per heavy atom. The number of aromatic nitrogens is 3. The number of alkyl halides is 2. The summed E-state index contributed by atoms with van der Waals surface area (Å²) in [5.41, 5.74) is 2.32. The fourth-order valence-corrected chi connectivity index (χ4v) is 1.57. The SMILES string of the molecule is Cc1cc2ncc(CNCC(F)(F)CO)cn2n1. The molecule has 0 aliphatic rings. The molecule has 2 aromatic heterocycles. The standard InChI is InChI=1S/C11H14F2N4O/c1-8-2-10-15-4-9(5-17(10)16-8)3-14-6-11(12,13)7-18/h2,4-5,14,18H,3,6-7H2,1H3. The summed E-state index contributed by atoms with van der Waals surface area (Å²) in [7, 11) is 0. The second-order valence-electron chi connectivity index (χ2n) is 4.17. The molecule has 0 saturated heterocycles. The number of rotatable bonds is 5. The van der Waals surface area contributed by atoms with Gasteiger partial charge < -0.3 is 10.4 Å². The third kappa shape index (κ3) is 2.99. The summed E-state index contributed by atoms with van der Waals surface area (Å²) in [5, 5.41) is 15.2. The molecule has 0 bridgehead atoms. The van der Waals surface area contributed by atoms with Crippen LogP contribution in [0.5, 0.6) is 0 Å². The number of hydrogen-bond donors (Lipinski definition) is 2. The molecule has 0 aliphatic heterocycles. The molecule has 0 amide bonds. The third-order valence-electron chi connectivity index (χ3n) is 2.43. The number of nitrogens with one attached hydrogen (secondary N) is 1. The van der Waals surface area contributed by atoms with Crippen LogP contribution in [0.1, 0.15) is 11.3 Å². The van der Waals surface area contributed by atoms with Crippen LogP contribution in [0.2, 0.25) is 0 Å². The van der Waals surface area contributed by atoms with E-state index in [0.717, 1.165) is 16.9 Å². The summed E-state index contributed by atoms with van der Waals surface area (Å²) in [4.78, 5) is 4.16. The second kappa shape index (κ2) is 4.95. The second-order valence-corrected chi connectivity index (χ2v) is 4.17. The van der Waals surface area contributed by atoms with Gasteiger partial charge in [-0.25, -0.2) is 18.3 Å². The number of aliphatic hydroxyl groups is 1. The van der Waals surface area contributed by atoms with Crippen LogP contribution in [0.15, 0.2) is 18.5 Å². The van der Waals surface area contributed by atoms with Crippen molar-refractivity contribution in [1.29, 1.82) is 0 Å². The van der Waals surface area contributed by atoms with Gasteiger partial charge in [-0.2, -0.15) is 5.10 Å². The van der Waals surface area contributed by atoms with E-state index < -0.39 is 19.1 Å². The maximum Gasteiger partial charge on any atom is 0.282 e. The molecule has 98 valence electrons. The zero-order chi connectivity index (χ0) is 13.2. The fraction of sp³-hybridized carbons (Fsp3) is 0.455. The van der Waals surface area contributed by atoms with E-state index in [9.17, 15) is 8.78 Å². The molecule has 0 atom stereocenters. The predicted molar refractivity (Wildman–Crippen MR) is 61.5 cm³/mol. The molecular formula is C11H14F2N4O. The van der Waals surface area contributed by atoms with Crippen molar-refractivity contribution in [3.63, 3.8) is 0 Å². The van der Waals surface area contributed by atoms with Crippen molar-refractivity contribution in [2.24, 2.45) is 0 Å². The maximum absolute atomic E-state index is 12.8. The van der Waals surface area contributed by atoms with Crippen molar-refractivity contribution in [1.82, 2.24) is 19.9 Å². The molecule has 0 unspecified atom stereocenters. The molecule has 7 heteroatoms. The van der Waals surface area contributed by atoms with E-state index in [-0.39, 0.29) is 6.54 Å². The fourth-order valence-electron chi connectivity index (χ4n) is 1.57. The van der Waals surface area contributed by atoms with Gasteiger partial charge in [0.2, 0.25) is 0 Å². The number of aryl methyl sites for hydroxylation is 1. The highest BCUT2D eigenvalue weighted by molar-refractivity contribution is 5.38. The van der Waals surface area contributed by atoms with Crippen LogP contribution < -0.4 is 5.32 Å². The van der Waals surface area contributed by atoms with E-state index >= 15 is 0 Å². The molecule has 0 aliphatic carbocycles. The van der Waals surface area contributed by atoms with E-state index in [2.05, 4.69) is 15.4 Å². The van der Waals surface area contributed by atoms with Crippen molar-refractivity contribution in [3.8, 4) is 0 Å². The van der Waals surface area contributed by atoms with Gasteiger partial charge in [-0.15, -0.1) is 0 Å². The van der Waals surface area contributed by atoms with Crippen LogP contribution in [0, 0.1) is 6.92 Å². The number of hydrogen-bond acceptors (Lipinski definition) is 4. The summed E-state index contributed by atoms with van der Waals surface area (Å²) in [6.45, 7) is 0.376. The van der Waals surface area contributed by atoms with Gasteiger partial charge in [0, 0.05) is 30.6 Å². The smallest absolute Gasteiger partial charge is 0.282 e. The van der Waals surface area contributed by atoms with E-state index in [4.69, 9.17) is 5.11 Å². The van der Waals surface area contributed by atoms with Gasteiger partial charge >= 0.3 is 0 Å². The molecule has 2 heterocycles. The summed E-state index contributed by atoms with van der Waals surface area (Å²) < 4.78 is 27.1. The van der Waals surface area contributed by atoms with Gasteiger partial charge in [0.15, 0.2) is 5.65 Å². The first-order valence-electron chi connectivity index (χ1n) is 5.50. The van der Waals surface area contributed by atoms with Crippen LogP contribution in [0.25, 0.3) is 5.65 Å². The Balaban J connectivity index is 1.99. The van der Waals surface area contributed by atoms with Gasteiger partial charge in [-0.05, 0) is 6.92 Å². The highest BCUT2D eigenvalue weighted by atomic mass is 19.3. The topological polar surface area (TPSA) is 62.5 Å². The highest BCUT2D eigenvalue weighted by Crippen LogP contribution is 2.10. The quantitative estimate of drug-likeness (QED) is 0.829. The van der Waals surface area contributed by atoms with Gasteiger partial charge in [0.25, 0.3) is 5.92 Å². The minimum absolute atomic E-state index is 0.247. The molecule has 18 heavy (non-hydrogen) atoms. The Hall–Kier alpha value is -1.60. The van der Waals surface area contributed by atoms with Crippen LogP contribution in [-0.2, 0) is 6.54 Å². The Labute approximate surface area is 102 Å². The molecule has 0 fully saturated rings. The van der Waals surface area contributed by atoms with Crippen LogP contribution >= 0.6 is 0 Å². The Morgan fingerprint density at radius 1 is 1.50 bits per heavy atom. The van der Waals surface area contributed by atoms with Crippen LogP contribution in [0.3, 0.4) is 0 Å². The molecule has 2 N–H and O–H groups in total. The van der Waals surface area contributed by atoms with Crippen LogP contribution in [-0.4, -0.2) is 38.8 Å². The monoisotopic (exact) mass is 256 g/mol. The Bertz CT molecular complexity index is 541. The zero-order valence-corrected chi connectivity index (χ0v) is 9.90. The first kappa shape index (κ1) is 12.8. The molecule has 0 radical (unpaired) electrons. The first-order chi connectivity index (χ1) is 8.50. The zero-order valence-electron chi connectivity index (χ0n) is 9.90. The van der Waals surface area contributed by atoms with E-state index in [1.807, 2.05) is 13.0 Å². The van der Waals surface area contributed by atoms with Crippen molar-refractivity contribution in [2.75, 3.05) is 13.2 Å². The third-order valence-corrected chi connectivity index (χ3v) is 2.43. The lowest BCUT2D eigenvalue weighted by atomic mass is 10.3. The summed E-state index contributed by atoms with van der Waals surface area (Å²) in [5.74, 6) is -3.10. The highest BCUT2D eigenvalue weighted by Gasteiger charge is 2.26. The van der Waals surface area contributed by atoms with E-state index in [0.29, 0.717) is 0 Å². The minimum Gasteiger partial charge on any atom is -0.390 e. The average Bonchev–Trinajstić information content (AvgIpc) is 2.68. The van der Waals surface area contributed by atoms with Gasteiger partial charge in [0.05, 0.1) is 12.2 Å². The minimum atomic E-state index is -3.10. The molecule has 5 nitrogen and oxygen atoms in total. The van der Waals surface area contributed by atoms with Gasteiger partial charge in [0.1, 0.15) is 6.61 Å². The molecule has 0 aromatic carbocycles. The van der Waals surface area contributed by atoms with Gasteiger partial charge in [-0.3, -0.25) is 0 Å². The summed E-state index contributed by atoms with van der Waals surface area (Å²) in [6, 6.07) is 1.83. The average molecular weight is 256 g/mol. The van der Waals surface area contributed by atoms with Crippen molar-refractivity contribution >= 4 is 5.65 Å². The number of nitrogens with zero attached hydrogens (tertiary/aromatic N) is 3. The van der Waals surface area contributed by atoms with E-state index in [1.54, 1.807) is 16.9 Å².